The second kappa shape index (κ2) is 9.27. The molecule has 0 aromatic carbocycles. The molecule has 1 N–H and O–H groups in total. The Balaban J connectivity index is 1.27. The van der Waals surface area contributed by atoms with Crippen LogP contribution >= 0.6 is 0 Å². The first-order chi connectivity index (χ1) is 15.4. The van der Waals surface area contributed by atoms with Crippen molar-refractivity contribution in [2.45, 2.75) is 6.92 Å². The molecule has 1 saturated heterocycles. The van der Waals surface area contributed by atoms with Crippen LogP contribution in [0.4, 0.5) is 11.6 Å². The van der Waals surface area contributed by atoms with E-state index in [9.17, 15) is 9.59 Å². The SMILES string of the molecule is Cc1ccnc(NC(=O)CN(C)CC(=O)N2CCN(c3ncnc4c3cnn4C)CC2)c1. The number of aromatic nitrogens is 5. The summed E-state index contributed by atoms with van der Waals surface area (Å²) >= 11 is 0. The van der Waals surface area contributed by atoms with Crippen molar-refractivity contribution < 1.29 is 9.59 Å². The molecule has 0 aliphatic carbocycles. The summed E-state index contributed by atoms with van der Waals surface area (Å²) in [5.74, 6) is 1.15. The fourth-order valence-corrected chi connectivity index (χ4v) is 3.79. The van der Waals surface area contributed by atoms with Crippen molar-refractivity contribution in [3.05, 3.63) is 36.4 Å². The smallest absolute Gasteiger partial charge is 0.239 e. The highest BCUT2D eigenvalue weighted by molar-refractivity contribution is 5.92. The van der Waals surface area contributed by atoms with Gasteiger partial charge in [-0.05, 0) is 31.7 Å². The van der Waals surface area contributed by atoms with E-state index in [1.807, 2.05) is 24.9 Å². The summed E-state index contributed by atoms with van der Waals surface area (Å²) in [4.78, 5) is 43.5. The lowest BCUT2D eigenvalue weighted by molar-refractivity contribution is -0.132. The predicted molar refractivity (Wildman–Crippen MR) is 120 cm³/mol. The number of rotatable bonds is 6. The van der Waals surface area contributed by atoms with Gasteiger partial charge >= 0.3 is 0 Å². The molecule has 11 heteroatoms. The molecule has 3 aromatic heterocycles. The Morgan fingerprint density at radius 2 is 1.91 bits per heavy atom. The van der Waals surface area contributed by atoms with Gasteiger partial charge in [-0.25, -0.2) is 15.0 Å². The Morgan fingerprint density at radius 1 is 1.12 bits per heavy atom. The van der Waals surface area contributed by atoms with E-state index in [-0.39, 0.29) is 24.9 Å². The molecule has 0 saturated carbocycles. The number of hydrogen-bond acceptors (Lipinski definition) is 8. The lowest BCUT2D eigenvalue weighted by Gasteiger charge is -2.36. The molecule has 1 aliphatic rings. The summed E-state index contributed by atoms with van der Waals surface area (Å²) in [5.41, 5.74) is 1.80. The summed E-state index contributed by atoms with van der Waals surface area (Å²) in [6.07, 6.45) is 4.97. The van der Waals surface area contributed by atoms with Crippen LogP contribution < -0.4 is 10.2 Å². The zero-order valence-corrected chi connectivity index (χ0v) is 18.5. The van der Waals surface area contributed by atoms with Gasteiger partial charge in [0.05, 0.1) is 24.7 Å². The van der Waals surface area contributed by atoms with Crippen LogP contribution in [0.1, 0.15) is 5.56 Å². The van der Waals surface area contributed by atoms with Crippen LogP contribution in [0, 0.1) is 6.92 Å². The van der Waals surface area contributed by atoms with Crippen molar-refractivity contribution in [2.75, 3.05) is 56.5 Å². The topological polar surface area (TPSA) is 112 Å². The average Bonchev–Trinajstić information content (AvgIpc) is 3.14. The highest BCUT2D eigenvalue weighted by atomic mass is 16.2. The van der Waals surface area contributed by atoms with Gasteiger partial charge in [0.2, 0.25) is 11.8 Å². The molecule has 2 amide bonds. The number of fused-ring (bicyclic) bond motifs is 1. The van der Waals surface area contributed by atoms with Crippen LogP contribution in [-0.2, 0) is 16.6 Å². The molecule has 0 bridgehead atoms. The second-order valence-corrected chi connectivity index (χ2v) is 8.01. The molecule has 0 spiro atoms. The van der Waals surface area contributed by atoms with E-state index in [1.165, 1.54) is 0 Å². The molecule has 0 unspecified atom stereocenters. The van der Waals surface area contributed by atoms with Crippen molar-refractivity contribution in [3.63, 3.8) is 0 Å². The van der Waals surface area contributed by atoms with Crippen LogP contribution in [-0.4, -0.2) is 92.7 Å². The first-order valence-electron chi connectivity index (χ1n) is 10.5. The van der Waals surface area contributed by atoms with Crippen molar-refractivity contribution >= 4 is 34.5 Å². The number of pyridine rings is 1. The predicted octanol–water partition coefficient (Wildman–Crippen LogP) is 0.286. The van der Waals surface area contributed by atoms with Crippen LogP contribution in [0.3, 0.4) is 0 Å². The number of amides is 2. The summed E-state index contributed by atoms with van der Waals surface area (Å²) in [6, 6.07) is 3.67. The Hall–Kier alpha value is -3.60. The van der Waals surface area contributed by atoms with Crippen LogP contribution in [0.5, 0.6) is 0 Å². The standard InChI is InChI=1S/C21H27N9O2/c1-15-4-5-22-17(10-15)26-18(31)12-27(2)13-19(32)29-6-8-30(9-7-29)21-16-11-25-28(3)20(16)23-14-24-21/h4-5,10-11,14H,6-9,12-13H2,1-3H3,(H,22,26,31). The molecule has 32 heavy (non-hydrogen) atoms. The largest absolute Gasteiger partial charge is 0.352 e. The zero-order chi connectivity index (χ0) is 22.7. The number of hydrogen-bond donors (Lipinski definition) is 1. The van der Waals surface area contributed by atoms with E-state index in [0.717, 1.165) is 22.4 Å². The monoisotopic (exact) mass is 437 g/mol. The molecule has 1 fully saturated rings. The number of carbonyl (C=O) groups is 2. The van der Waals surface area contributed by atoms with Gasteiger partial charge in [0.1, 0.15) is 18.0 Å². The van der Waals surface area contributed by atoms with Gasteiger partial charge in [-0.3, -0.25) is 19.2 Å². The Bertz CT molecular complexity index is 1120. The molecular formula is C21H27N9O2. The van der Waals surface area contributed by atoms with Crippen molar-refractivity contribution in [1.29, 1.82) is 0 Å². The minimum atomic E-state index is -0.201. The summed E-state index contributed by atoms with van der Waals surface area (Å²) in [5, 5.41) is 7.93. The molecule has 4 heterocycles. The molecule has 1 aliphatic heterocycles. The maximum absolute atomic E-state index is 12.7. The van der Waals surface area contributed by atoms with Gasteiger partial charge in [0.15, 0.2) is 5.65 Å². The van der Waals surface area contributed by atoms with Gasteiger partial charge in [-0.2, -0.15) is 5.10 Å². The number of anilines is 2. The third kappa shape index (κ3) is 4.83. The molecule has 0 atom stereocenters. The Kier molecular flexibility index (Phi) is 6.26. The molecule has 0 radical (unpaired) electrons. The van der Waals surface area contributed by atoms with Gasteiger partial charge in [-0.1, -0.05) is 0 Å². The number of piperazine rings is 1. The fourth-order valence-electron chi connectivity index (χ4n) is 3.79. The van der Waals surface area contributed by atoms with E-state index in [0.29, 0.717) is 32.0 Å². The lowest BCUT2D eigenvalue weighted by atomic mass is 10.2. The number of nitrogens with zero attached hydrogens (tertiary/aromatic N) is 8. The maximum atomic E-state index is 12.7. The Morgan fingerprint density at radius 3 is 2.66 bits per heavy atom. The van der Waals surface area contributed by atoms with E-state index >= 15 is 0 Å². The average molecular weight is 438 g/mol. The lowest BCUT2D eigenvalue weighted by Crippen LogP contribution is -2.51. The summed E-state index contributed by atoms with van der Waals surface area (Å²) < 4.78 is 1.72. The molecular weight excluding hydrogens is 410 g/mol. The van der Waals surface area contributed by atoms with Crippen molar-refractivity contribution in [1.82, 2.24) is 34.5 Å². The summed E-state index contributed by atoms with van der Waals surface area (Å²) in [6.45, 7) is 4.77. The van der Waals surface area contributed by atoms with Gasteiger partial charge < -0.3 is 15.1 Å². The molecule has 4 rings (SSSR count). The maximum Gasteiger partial charge on any atom is 0.239 e. The van der Waals surface area contributed by atoms with Crippen LogP contribution in [0.15, 0.2) is 30.9 Å². The van der Waals surface area contributed by atoms with Gasteiger partial charge in [0, 0.05) is 39.4 Å². The third-order valence-corrected chi connectivity index (χ3v) is 5.44. The highest BCUT2D eigenvalue weighted by Gasteiger charge is 2.24. The van der Waals surface area contributed by atoms with Crippen LogP contribution in [0.2, 0.25) is 0 Å². The number of nitrogens with one attached hydrogen (secondary N) is 1. The normalized spacial score (nSPS) is 14.2. The van der Waals surface area contributed by atoms with Crippen molar-refractivity contribution in [2.24, 2.45) is 7.05 Å². The van der Waals surface area contributed by atoms with Crippen LogP contribution in [0.25, 0.3) is 11.0 Å². The highest BCUT2D eigenvalue weighted by Crippen LogP contribution is 2.23. The number of aryl methyl sites for hydroxylation is 2. The number of carbonyl (C=O) groups excluding carboxylic acids is 2. The minimum Gasteiger partial charge on any atom is -0.352 e. The summed E-state index contributed by atoms with van der Waals surface area (Å²) in [7, 11) is 3.61. The quantitative estimate of drug-likeness (QED) is 0.585. The molecule has 11 nitrogen and oxygen atoms in total. The van der Waals surface area contributed by atoms with E-state index in [2.05, 4.69) is 30.3 Å². The zero-order valence-electron chi connectivity index (χ0n) is 18.5. The first-order valence-corrected chi connectivity index (χ1v) is 10.5. The fraction of sp³-hybridized carbons (Fsp3) is 0.429. The van der Waals surface area contributed by atoms with E-state index in [1.54, 1.807) is 41.4 Å². The minimum absolute atomic E-state index is 0.00263. The first kappa shape index (κ1) is 21.6. The molecule has 168 valence electrons. The Labute approximate surface area is 186 Å². The van der Waals surface area contributed by atoms with Gasteiger partial charge in [-0.15, -0.1) is 0 Å². The van der Waals surface area contributed by atoms with E-state index in [4.69, 9.17) is 0 Å². The van der Waals surface area contributed by atoms with Gasteiger partial charge in [0.25, 0.3) is 0 Å². The van der Waals surface area contributed by atoms with Crippen molar-refractivity contribution in [3.8, 4) is 0 Å². The van der Waals surface area contributed by atoms with E-state index < -0.39 is 0 Å². The second-order valence-electron chi connectivity index (χ2n) is 8.01. The number of likely N-dealkylation sites (N-methyl/N-ethyl adjacent to an activating group) is 1. The third-order valence-electron chi connectivity index (χ3n) is 5.44. The molecule has 3 aromatic rings.